The standard InChI is InChI=1S/C8H7N3O2/c9-6-1-2-7(12)8-5(6)3-4-10-11(8)13/h1-4,9-10,13H. The fourth-order valence-electron chi connectivity index (χ4n) is 1.23. The molecule has 1 heterocycles. The molecule has 13 heavy (non-hydrogen) atoms. The Labute approximate surface area is 72.0 Å². The van der Waals surface area contributed by atoms with E-state index >= 15 is 0 Å². The molecule has 5 heteroatoms. The van der Waals surface area contributed by atoms with Gasteiger partial charge >= 0.3 is 0 Å². The van der Waals surface area contributed by atoms with E-state index < -0.39 is 0 Å². The van der Waals surface area contributed by atoms with Crippen LogP contribution in [0, 0.1) is 16.0 Å². The number of nitrogens with one attached hydrogen (secondary N) is 2. The van der Waals surface area contributed by atoms with Crippen LogP contribution in [0.3, 0.4) is 0 Å². The zero-order valence-electron chi connectivity index (χ0n) is 6.61. The van der Waals surface area contributed by atoms with Crippen molar-refractivity contribution in [3.8, 4) is 0 Å². The monoisotopic (exact) mass is 177 g/mol. The van der Waals surface area contributed by atoms with E-state index in [2.05, 4.69) is 5.10 Å². The van der Waals surface area contributed by atoms with Gasteiger partial charge in [-0.05, 0) is 18.2 Å². The maximum Gasteiger partial charge on any atom is 0.208 e. The van der Waals surface area contributed by atoms with Crippen LogP contribution in [0.4, 0.5) is 0 Å². The summed E-state index contributed by atoms with van der Waals surface area (Å²) in [6.07, 6.45) is 1.46. The largest absolute Gasteiger partial charge is 0.413 e. The molecule has 0 spiro atoms. The number of hydrogen-bond donors (Lipinski definition) is 3. The molecular formula is C8H7N3O2. The van der Waals surface area contributed by atoms with E-state index in [9.17, 15) is 10.0 Å². The predicted octanol–water partition coefficient (Wildman–Crippen LogP) is -0.382. The molecule has 0 saturated heterocycles. The minimum Gasteiger partial charge on any atom is -0.413 e. The molecule has 0 radical (unpaired) electrons. The van der Waals surface area contributed by atoms with Crippen LogP contribution in [0.1, 0.15) is 0 Å². The quantitative estimate of drug-likeness (QED) is 0.479. The van der Waals surface area contributed by atoms with Crippen molar-refractivity contribution in [2.45, 2.75) is 0 Å². The van der Waals surface area contributed by atoms with Crippen LogP contribution in [0.5, 0.6) is 0 Å². The fraction of sp³-hybridized carbons (Fsp3) is 0. The van der Waals surface area contributed by atoms with Crippen molar-refractivity contribution in [3.63, 3.8) is 0 Å². The summed E-state index contributed by atoms with van der Waals surface area (Å²) in [7, 11) is 0. The lowest BCUT2D eigenvalue weighted by molar-refractivity contribution is 0.135. The Morgan fingerprint density at radius 1 is 1.38 bits per heavy atom. The van der Waals surface area contributed by atoms with Crippen LogP contribution in [0.15, 0.2) is 29.2 Å². The third-order valence-electron chi connectivity index (χ3n) is 1.84. The Morgan fingerprint density at radius 2 is 2.15 bits per heavy atom. The first-order valence-corrected chi connectivity index (χ1v) is 3.67. The van der Waals surface area contributed by atoms with Crippen LogP contribution in [-0.4, -0.2) is 15.2 Å². The summed E-state index contributed by atoms with van der Waals surface area (Å²) >= 11 is 0. The molecular weight excluding hydrogens is 170 g/mol. The first kappa shape index (κ1) is 7.60. The molecule has 2 rings (SSSR count). The molecule has 0 aromatic heterocycles. The molecule has 0 atom stereocenters. The molecule has 1 aliphatic heterocycles. The number of nitrogens with zero attached hydrogens (tertiary/aromatic N) is 1. The van der Waals surface area contributed by atoms with Crippen LogP contribution in [0.25, 0.3) is 0 Å². The Hall–Kier alpha value is -2.04. The van der Waals surface area contributed by atoms with Gasteiger partial charge in [0.05, 0.1) is 5.36 Å². The van der Waals surface area contributed by atoms with Gasteiger partial charge in [0.15, 0.2) is 5.35 Å². The Bertz CT molecular complexity index is 611. The zero-order chi connectivity index (χ0) is 9.42. The van der Waals surface area contributed by atoms with Gasteiger partial charge in [-0.2, -0.15) is 0 Å². The maximum absolute atomic E-state index is 11.3. The highest BCUT2D eigenvalue weighted by Gasteiger charge is 1.98. The van der Waals surface area contributed by atoms with Gasteiger partial charge in [-0.3, -0.25) is 9.89 Å². The van der Waals surface area contributed by atoms with E-state index in [0.29, 0.717) is 10.1 Å². The number of H-pyrrole nitrogens is 1. The van der Waals surface area contributed by atoms with Gasteiger partial charge in [0.2, 0.25) is 5.43 Å². The fourth-order valence-corrected chi connectivity index (χ4v) is 1.23. The topological polar surface area (TPSA) is 81.9 Å². The summed E-state index contributed by atoms with van der Waals surface area (Å²) in [4.78, 5) is 11.9. The Morgan fingerprint density at radius 3 is 2.85 bits per heavy atom. The lowest BCUT2D eigenvalue weighted by atomic mass is 10.2. The number of hydrogen-bond acceptors (Lipinski definition) is 3. The highest BCUT2D eigenvalue weighted by molar-refractivity contribution is 5.07. The summed E-state index contributed by atoms with van der Waals surface area (Å²) < 4.78 is 0. The zero-order valence-corrected chi connectivity index (χ0v) is 6.61. The molecule has 0 amide bonds. The van der Waals surface area contributed by atoms with Crippen molar-refractivity contribution in [2.24, 2.45) is 0 Å². The molecule has 5 nitrogen and oxygen atoms in total. The van der Waals surface area contributed by atoms with Gasteiger partial charge in [0.25, 0.3) is 0 Å². The number of rotatable bonds is 0. The van der Waals surface area contributed by atoms with Gasteiger partial charge < -0.3 is 10.6 Å². The molecule has 0 unspecified atom stereocenters. The van der Waals surface area contributed by atoms with Crippen LogP contribution in [0.2, 0.25) is 0 Å². The third kappa shape index (κ3) is 1.01. The second kappa shape index (κ2) is 2.48. The molecule has 3 N–H and O–H groups in total. The normalized spacial score (nSPS) is 10.5. The predicted molar refractivity (Wildman–Crippen MR) is 43.4 cm³/mol. The molecule has 0 saturated carbocycles. The van der Waals surface area contributed by atoms with Crippen molar-refractivity contribution >= 4 is 0 Å². The van der Waals surface area contributed by atoms with Gasteiger partial charge in [-0.15, -0.1) is 4.85 Å². The van der Waals surface area contributed by atoms with Crippen LogP contribution >= 0.6 is 0 Å². The molecule has 1 aliphatic carbocycles. The van der Waals surface area contributed by atoms with Crippen molar-refractivity contribution < 1.29 is 5.21 Å². The molecule has 0 aromatic rings. The van der Waals surface area contributed by atoms with Crippen molar-refractivity contribution in [1.82, 2.24) is 9.94 Å². The minimum atomic E-state index is -0.314. The van der Waals surface area contributed by atoms with E-state index in [1.807, 2.05) is 0 Å². The summed E-state index contributed by atoms with van der Waals surface area (Å²) in [5.41, 5.74) is -0.314. The molecule has 0 fully saturated rings. The van der Waals surface area contributed by atoms with E-state index in [4.69, 9.17) is 5.41 Å². The molecule has 0 bridgehead atoms. The SMILES string of the molecule is N=c1ccc(=O)c2n(O)[nH]ccc1=2. The average molecular weight is 177 g/mol. The first-order valence-electron chi connectivity index (χ1n) is 3.67. The summed E-state index contributed by atoms with van der Waals surface area (Å²) in [6, 6.07) is 4.24. The summed E-state index contributed by atoms with van der Waals surface area (Å²) in [5.74, 6) is 0. The lowest BCUT2D eigenvalue weighted by Gasteiger charge is -1.98. The van der Waals surface area contributed by atoms with Crippen LogP contribution in [-0.2, 0) is 0 Å². The smallest absolute Gasteiger partial charge is 0.208 e. The van der Waals surface area contributed by atoms with E-state index in [0.717, 1.165) is 0 Å². The summed E-state index contributed by atoms with van der Waals surface area (Å²) in [5, 5.41) is 19.9. The van der Waals surface area contributed by atoms with E-state index in [1.165, 1.54) is 18.3 Å². The number of aromatic nitrogens is 2. The maximum atomic E-state index is 11.3. The van der Waals surface area contributed by atoms with Crippen molar-refractivity contribution in [2.75, 3.05) is 0 Å². The second-order valence-electron chi connectivity index (χ2n) is 2.65. The van der Waals surface area contributed by atoms with E-state index in [1.54, 1.807) is 6.07 Å². The van der Waals surface area contributed by atoms with Crippen LogP contribution < -0.4 is 10.8 Å². The van der Waals surface area contributed by atoms with Gasteiger partial charge in [-0.1, -0.05) is 0 Å². The van der Waals surface area contributed by atoms with Gasteiger partial charge in [-0.25, -0.2) is 0 Å². The van der Waals surface area contributed by atoms with Gasteiger partial charge in [0.1, 0.15) is 0 Å². The molecule has 66 valence electrons. The molecule has 2 aliphatic rings. The summed E-state index contributed by atoms with van der Waals surface area (Å²) in [6.45, 7) is 0. The Balaban J connectivity index is 3.34. The average Bonchev–Trinajstić information content (AvgIpc) is 2.12. The highest BCUT2D eigenvalue weighted by Crippen LogP contribution is 1.84. The molecule has 0 aromatic carbocycles. The van der Waals surface area contributed by atoms with E-state index in [-0.39, 0.29) is 16.1 Å². The second-order valence-corrected chi connectivity index (χ2v) is 2.65. The van der Waals surface area contributed by atoms with Gasteiger partial charge in [0, 0.05) is 11.4 Å². The first-order chi connectivity index (χ1) is 6.20. The van der Waals surface area contributed by atoms with Crippen molar-refractivity contribution in [1.29, 1.82) is 5.41 Å². The third-order valence-corrected chi connectivity index (χ3v) is 1.84. The lowest BCUT2D eigenvalue weighted by Crippen LogP contribution is -2.18. The highest BCUT2D eigenvalue weighted by atomic mass is 16.5. The Kier molecular flexibility index (Phi) is 1.45. The van der Waals surface area contributed by atoms with Crippen molar-refractivity contribution in [3.05, 3.63) is 50.5 Å². The number of aromatic amines is 1. The minimum absolute atomic E-state index is 0.0926.